The van der Waals surface area contributed by atoms with Crippen LogP contribution in [-0.4, -0.2) is 27.9 Å². The van der Waals surface area contributed by atoms with Crippen LogP contribution in [0.1, 0.15) is 18.5 Å². The molecule has 0 radical (unpaired) electrons. The van der Waals surface area contributed by atoms with Crippen molar-refractivity contribution in [1.29, 1.82) is 0 Å². The van der Waals surface area contributed by atoms with E-state index in [4.69, 9.17) is 0 Å². The van der Waals surface area contributed by atoms with E-state index in [9.17, 15) is 13.2 Å². The number of hydrogen-bond donors (Lipinski definition) is 1. The van der Waals surface area contributed by atoms with Crippen LogP contribution in [0.2, 0.25) is 0 Å². The summed E-state index contributed by atoms with van der Waals surface area (Å²) in [7, 11) is 0. The summed E-state index contributed by atoms with van der Waals surface area (Å²) in [5, 5.41) is 12.0. The van der Waals surface area contributed by atoms with Crippen molar-refractivity contribution in [2.24, 2.45) is 0 Å². The number of benzene rings is 1. The van der Waals surface area contributed by atoms with Gasteiger partial charge in [-0.05, 0) is 43.2 Å². The van der Waals surface area contributed by atoms with Crippen LogP contribution in [0.5, 0.6) is 0 Å². The smallest absolute Gasteiger partial charge is 0.206 e. The van der Waals surface area contributed by atoms with Gasteiger partial charge in [0.2, 0.25) is 5.13 Å². The minimum Gasteiger partial charge on any atom is -0.359 e. The van der Waals surface area contributed by atoms with Crippen molar-refractivity contribution in [3.8, 4) is 10.6 Å². The summed E-state index contributed by atoms with van der Waals surface area (Å²) in [5.74, 6) is -0.840. The van der Waals surface area contributed by atoms with E-state index < -0.39 is 23.2 Å². The molecule has 0 spiro atoms. The molecule has 1 saturated carbocycles. The number of hydrogen-bond acceptors (Lipinski definition) is 5. The lowest BCUT2D eigenvalue weighted by molar-refractivity contribution is 0.0965. The predicted octanol–water partition coefficient (Wildman–Crippen LogP) is 5.12. The molecular weight excluding hydrogens is 441 g/mol. The Morgan fingerprint density at radius 3 is 2.74 bits per heavy atom. The van der Waals surface area contributed by atoms with Crippen molar-refractivity contribution in [3.63, 3.8) is 0 Å². The average molecular weight is 455 g/mol. The van der Waals surface area contributed by atoms with Gasteiger partial charge in [-0.3, -0.25) is 4.98 Å². The van der Waals surface area contributed by atoms with Crippen molar-refractivity contribution in [3.05, 3.63) is 58.3 Å². The second-order valence-corrected chi connectivity index (χ2v) is 8.40. The van der Waals surface area contributed by atoms with Gasteiger partial charge in [-0.2, -0.15) is 0 Å². The largest absolute Gasteiger partial charge is 0.359 e. The van der Waals surface area contributed by atoms with Crippen LogP contribution >= 0.6 is 27.3 Å². The maximum Gasteiger partial charge on any atom is 0.206 e. The first-order valence-corrected chi connectivity index (χ1v) is 9.86. The Morgan fingerprint density at radius 2 is 2.00 bits per heavy atom. The molecule has 9 heteroatoms. The highest BCUT2D eigenvalue weighted by Crippen LogP contribution is 2.45. The van der Waals surface area contributed by atoms with Gasteiger partial charge in [0.15, 0.2) is 5.01 Å². The molecule has 27 heavy (non-hydrogen) atoms. The Balaban J connectivity index is 1.54. The summed E-state index contributed by atoms with van der Waals surface area (Å²) in [5.41, 5.74) is -0.125. The third kappa shape index (κ3) is 3.58. The van der Waals surface area contributed by atoms with E-state index in [0.717, 1.165) is 4.47 Å². The van der Waals surface area contributed by atoms with Gasteiger partial charge in [0, 0.05) is 28.2 Å². The second kappa shape index (κ2) is 7.20. The van der Waals surface area contributed by atoms with Gasteiger partial charge >= 0.3 is 0 Å². The van der Waals surface area contributed by atoms with Crippen LogP contribution < -0.4 is 5.32 Å². The molecule has 4 nitrogen and oxygen atoms in total. The molecule has 1 aliphatic carbocycles. The average Bonchev–Trinajstić information content (AvgIpc) is 3.09. The molecule has 140 valence electrons. The molecule has 2 aromatic heterocycles. The van der Waals surface area contributed by atoms with Crippen molar-refractivity contribution < 1.29 is 13.2 Å². The molecule has 2 heterocycles. The molecule has 1 aromatic carbocycles. The summed E-state index contributed by atoms with van der Waals surface area (Å²) in [6.07, 6.45) is 0.916. The molecule has 1 N–H and O–H groups in total. The third-order valence-electron chi connectivity index (χ3n) is 4.65. The number of halogens is 4. The zero-order valence-corrected chi connectivity index (χ0v) is 16.3. The Bertz CT molecular complexity index is 975. The first-order valence-electron chi connectivity index (χ1n) is 8.25. The zero-order chi connectivity index (χ0) is 19.0. The number of alkyl halides is 1. The van der Waals surface area contributed by atoms with E-state index in [1.165, 1.54) is 35.7 Å². The van der Waals surface area contributed by atoms with E-state index >= 15 is 0 Å². The number of nitrogens with one attached hydrogen (secondary N) is 1. The van der Waals surface area contributed by atoms with E-state index in [-0.39, 0.29) is 25.1 Å². The first-order chi connectivity index (χ1) is 13.0. The van der Waals surface area contributed by atoms with Gasteiger partial charge in [0.05, 0.1) is 5.69 Å². The molecule has 4 rings (SSSR count). The van der Waals surface area contributed by atoms with Gasteiger partial charge < -0.3 is 5.32 Å². The van der Waals surface area contributed by atoms with E-state index in [0.29, 0.717) is 15.7 Å². The van der Waals surface area contributed by atoms with Crippen LogP contribution in [0.3, 0.4) is 0 Å². The Hall–Kier alpha value is -2.00. The number of aromatic nitrogens is 3. The summed E-state index contributed by atoms with van der Waals surface area (Å²) in [6.45, 7) is 0.275. The van der Waals surface area contributed by atoms with Crippen molar-refractivity contribution in [2.75, 3.05) is 11.9 Å². The molecule has 0 amide bonds. The summed E-state index contributed by atoms with van der Waals surface area (Å²) >= 11 is 4.49. The fraction of sp³-hybridized carbons (Fsp3) is 0.278. The Morgan fingerprint density at radius 1 is 1.19 bits per heavy atom. The quantitative estimate of drug-likeness (QED) is 0.580. The molecular formula is C18H14BrF3N4S. The SMILES string of the molecule is Fc1ccc(Br)cc1-c1nnc(NC[C@]2(c3ncccc3F)C[C@@H](F)C2)s1. The molecule has 0 bridgehead atoms. The van der Waals surface area contributed by atoms with Gasteiger partial charge in [-0.25, -0.2) is 13.2 Å². The van der Waals surface area contributed by atoms with E-state index in [1.54, 1.807) is 12.1 Å². The van der Waals surface area contributed by atoms with Gasteiger partial charge in [-0.15, -0.1) is 10.2 Å². The van der Waals surface area contributed by atoms with Gasteiger partial charge in [0.1, 0.15) is 17.8 Å². The zero-order valence-electron chi connectivity index (χ0n) is 13.9. The molecule has 0 aliphatic heterocycles. The van der Waals surface area contributed by atoms with Crippen LogP contribution in [-0.2, 0) is 5.41 Å². The lowest BCUT2D eigenvalue weighted by Crippen LogP contribution is -2.48. The minimum absolute atomic E-state index is 0.194. The molecule has 0 unspecified atom stereocenters. The maximum atomic E-state index is 14.2. The fourth-order valence-electron chi connectivity index (χ4n) is 3.30. The summed E-state index contributed by atoms with van der Waals surface area (Å²) in [4.78, 5) is 4.12. The van der Waals surface area contributed by atoms with Crippen LogP contribution in [0, 0.1) is 11.6 Å². The lowest BCUT2D eigenvalue weighted by Gasteiger charge is -2.43. The van der Waals surface area contributed by atoms with Crippen molar-refractivity contribution >= 4 is 32.4 Å². The van der Waals surface area contributed by atoms with Crippen LogP contribution in [0.4, 0.5) is 18.3 Å². The van der Waals surface area contributed by atoms with Crippen molar-refractivity contribution in [2.45, 2.75) is 24.4 Å². The third-order valence-corrected chi connectivity index (χ3v) is 6.05. The number of nitrogens with zero attached hydrogens (tertiary/aromatic N) is 3. The molecule has 3 aromatic rings. The van der Waals surface area contributed by atoms with Crippen LogP contribution in [0.25, 0.3) is 10.6 Å². The number of anilines is 1. The number of rotatable bonds is 5. The highest BCUT2D eigenvalue weighted by atomic mass is 79.9. The number of pyridine rings is 1. The predicted molar refractivity (Wildman–Crippen MR) is 101 cm³/mol. The molecule has 1 fully saturated rings. The van der Waals surface area contributed by atoms with Gasteiger partial charge in [-0.1, -0.05) is 27.3 Å². The normalized spacial score (nSPS) is 21.7. The second-order valence-electron chi connectivity index (χ2n) is 6.51. The summed E-state index contributed by atoms with van der Waals surface area (Å²) in [6, 6.07) is 7.42. The lowest BCUT2D eigenvalue weighted by atomic mass is 9.65. The fourth-order valence-corrected chi connectivity index (χ4v) is 4.41. The highest BCUT2D eigenvalue weighted by molar-refractivity contribution is 9.10. The highest BCUT2D eigenvalue weighted by Gasteiger charge is 2.48. The first kappa shape index (κ1) is 18.4. The topological polar surface area (TPSA) is 50.7 Å². The Kier molecular flexibility index (Phi) is 4.90. The standard InChI is InChI=1S/C18H14BrF3N4S/c19-10-3-4-13(21)12(6-10)16-25-26-17(27-16)24-9-18(7-11(20)8-18)15-14(22)2-1-5-23-15/h1-6,11H,7-9H2,(H,24,26)/t11-,18+. The maximum absolute atomic E-state index is 14.2. The minimum atomic E-state index is -0.978. The van der Waals surface area contributed by atoms with Crippen LogP contribution in [0.15, 0.2) is 41.0 Å². The van der Waals surface area contributed by atoms with E-state index in [2.05, 4.69) is 36.4 Å². The van der Waals surface area contributed by atoms with E-state index in [1.807, 2.05) is 0 Å². The summed E-state index contributed by atoms with van der Waals surface area (Å²) < 4.78 is 42.5. The van der Waals surface area contributed by atoms with Crippen molar-refractivity contribution in [1.82, 2.24) is 15.2 Å². The monoisotopic (exact) mass is 454 g/mol. The van der Waals surface area contributed by atoms with Gasteiger partial charge in [0.25, 0.3) is 0 Å². The molecule has 0 atom stereocenters. The molecule has 1 aliphatic rings. The Labute approximate surface area is 166 Å². The molecule has 0 saturated heterocycles.